The first-order valence-electron chi connectivity index (χ1n) is 16.9. The summed E-state index contributed by atoms with van der Waals surface area (Å²) in [4.78, 5) is 39.2. The van der Waals surface area contributed by atoms with Crippen molar-refractivity contribution in [3.63, 3.8) is 0 Å². The quantitative estimate of drug-likeness (QED) is 0.182. The van der Waals surface area contributed by atoms with Crippen LogP contribution >= 0.6 is 11.3 Å². The van der Waals surface area contributed by atoms with Crippen LogP contribution in [0.5, 0.6) is 17.4 Å². The number of pyridine rings is 1. The molecule has 0 bridgehead atoms. The number of hydrogen-bond acceptors (Lipinski definition) is 9. The molecule has 2 aliphatic rings. The molecule has 10 nitrogen and oxygen atoms in total. The Balaban J connectivity index is 1.11. The van der Waals surface area contributed by atoms with E-state index in [1.54, 1.807) is 17.5 Å². The second-order valence-corrected chi connectivity index (χ2v) is 14.2. The zero-order chi connectivity index (χ0) is 34.5. The van der Waals surface area contributed by atoms with Gasteiger partial charge in [0.25, 0.3) is 11.8 Å². The van der Waals surface area contributed by atoms with E-state index in [-0.39, 0.29) is 35.2 Å². The molecule has 0 spiro atoms. The zero-order valence-electron chi connectivity index (χ0n) is 28.1. The predicted molar refractivity (Wildman–Crippen MR) is 188 cm³/mol. The predicted octanol–water partition coefficient (Wildman–Crippen LogP) is 6.15. The van der Waals surface area contributed by atoms with E-state index in [4.69, 9.17) is 4.74 Å². The average molecular weight is 687 g/mol. The third-order valence-electron chi connectivity index (χ3n) is 9.29. The van der Waals surface area contributed by atoms with Crippen molar-refractivity contribution in [3.05, 3.63) is 87.8 Å². The summed E-state index contributed by atoms with van der Waals surface area (Å²) in [6.07, 6.45) is 3.76. The van der Waals surface area contributed by atoms with E-state index in [1.807, 2.05) is 37.3 Å². The minimum Gasteiger partial charge on any atom is -0.508 e. The summed E-state index contributed by atoms with van der Waals surface area (Å²) >= 11 is 1.44. The molecule has 258 valence electrons. The molecule has 0 unspecified atom stereocenters. The highest BCUT2D eigenvalue weighted by Gasteiger charge is 2.27. The molecule has 3 heterocycles. The fourth-order valence-electron chi connectivity index (χ4n) is 6.55. The van der Waals surface area contributed by atoms with Crippen LogP contribution in [0.1, 0.15) is 70.9 Å². The van der Waals surface area contributed by atoms with E-state index < -0.39 is 11.7 Å². The Labute approximate surface area is 290 Å². The van der Waals surface area contributed by atoms with Crippen LogP contribution in [0.15, 0.2) is 60.1 Å². The van der Waals surface area contributed by atoms with Crippen LogP contribution in [0.4, 0.5) is 4.39 Å². The molecule has 2 aromatic carbocycles. The van der Waals surface area contributed by atoms with Crippen molar-refractivity contribution in [1.29, 1.82) is 0 Å². The van der Waals surface area contributed by atoms with Crippen molar-refractivity contribution in [2.75, 3.05) is 26.2 Å². The number of nitrogens with one attached hydrogen (secondary N) is 2. The summed E-state index contributed by atoms with van der Waals surface area (Å²) < 4.78 is 20.5. The number of ether oxygens (including phenoxy) is 1. The molecule has 1 aliphatic carbocycles. The van der Waals surface area contributed by atoms with Crippen molar-refractivity contribution in [3.8, 4) is 28.5 Å². The molecule has 1 saturated heterocycles. The minimum atomic E-state index is -0.641. The SMILES string of the molecule is Cc1nc(C(=O)N[C@H]2CC[C@H](NC(=O)c3cc(F)cnc3Oc3cccc(-c4ccc(O)cc4CN4CCN(C(C)C)CC4)c3)CC2)cs1. The molecule has 2 aromatic heterocycles. The molecular weight excluding hydrogens is 644 g/mol. The molecule has 3 N–H and O–H groups in total. The van der Waals surface area contributed by atoms with E-state index in [0.717, 1.165) is 60.1 Å². The van der Waals surface area contributed by atoms with E-state index in [2.05, 4.69) is 44.2 Å². The Bertz CT molecular complexity index is 1780. The fraction of sp³-hybridized carbons (Fsp3) is 0.405. The van der Waals surface area contributed by atoms with Gasteiger partial charge in [-0.05, 0) is 93.5 Å². The number of phenolic OH excluding ortho intramolecular Hbond substituents is 1. The van der Waals surface area contributed by atoms with Crippen LogP contribution < -0.4 is 15.4 Å². The number of piperazine rings is 1. The van der Waals surface area contributed by atoms with Gasteiger partial charge in [0, 0.05) is 56.2 Å². The van der Waals surface area contributed by atoms with Gasteiger partial charge in [0.2, 0.25) is 5.88 Å². The van der Waals surface area contributed by atoms with E-state index in [0.29, 0.717) is 49.7 Å². The number of thiazole rings is 1. The second kappa shape index (κ2) is 15.4. The number of nitrogens with zero attached hydrogens (tertiary/aromatic N) is 4. The van der Waals surface area contributed by atoms with Gasteiger partial charge < -0.3 is 20.5 Å². The Hall–Kier alpha value is -4.39. The number of carbonyl (C=O) groups is 2. The largest absolute Gasteiger partial charge is 0.508 e. The zero-order valence-corrected chi connectivity index (χ0v) is 28.9. The highest BCUT2D eigenvalue weighted by molar-refractivity contribution is 7.09. The Morgan fingerprint density at radius 2 is 1.71 bits per heavy atom. The van der Waals surface area contributed by atoms with Crippen molar-refractivity contribution in [2.45, 2.75) is 71.1 Å². The van der Waals surface area contributed by atoms with Crippen LogP contribution in [0, 0.1) is 12.7 Å². The summed E-state index contributed by atoms with van der Waals surface area (Å²) in [6, 6.07) is 14.4. The molecule has 1 aliphatic heterocycles. The fourth-order valence-corrected chi connectivity index (χ4v) is 7.15. The first-order valence-corrected chi connectivity index (χ1v) is 17.7. The Kier molecular flexibility index (Phi) is 10.9. The molecule has 0 atom stereocenters. The van der Waals surface area contributed by atoms with Gasteiger partial charge in [-0.2, -0.15) is 0 Å². The van der Waals surface area contributed by atoms with Gasteiger partial charge in [0.15, 0.2) is 0 Å². The van der Waals surface area contributed by atoms with Crippen molar-refractivity contribution >= 4 is 23.2 Å². The number of rotatable bonds is 10. The molecule has 6 rings (SSSR count). The van der Waals surface area contributed by atoms with Crippen molar-refractivity contribution < 1.29 is 23.8 Å². The van der Waals surface area contributed by atoms with E-state index in [1.165, 1.54) is 11.3 Å². The van der Waals surface area contributed by atoms with Crippen LogP contribution in [-0.2, 0) is 6.54 Å². The number of phenols is 1. The summed E-state index contributed by atoms with van der Waals surface area (Å²) in [5, 5.41) is 19.0. The lowest BCUT2D eigenvalue weighted by Gasteiger charge is -2.37. The van der Waals surface area contributed by atoms with Gasteiger partial charge in [-0.1, -0.05) is 18.2 Å². The van der Waals surface area contributed by atoms with Gasteiger partial charge in [0.05, 0.1) is 11.2 Å². The normalized spacial score (nSPS) is 18.7. The monoisotopic (exact) mass is 686 g/mol. The Morgan fingerprint density at radius 3 is 2.39 bits per heavy atom. The molecule has 1 saturated carbocycles. The number of aromatic nitrogens is 2. The summed E-state index contributed by atoms with van der Waals surface area (Å²) in [5.41, 5.74) is 3.28. The van der Waals surface area contributed by atoms with E-state index >= 15 is 0 Å². The minimum absolute atomic E-state index is 0.00417. The first-order chi connectivity index (χ1) is 23.6. The van der Waals surface area contributed by atoms with Gasteiger partial charge in [-0.3, -0.25) is 19.4 Å². The molecule has 2 fully saturated rings. The summed E-state index contributed by atoms with van der Waals surface area (Å²) in [5.74, 6) is -0.636. The Morgan fingerprint density at radius 1 is 1.00 bits per heavy atom. The van der Waals surface area contributed by atoms with Crippen molar-refractivity contribution in [1.82, 2.24) is 30.4 Å². The maximum Gasteiger partial charge on any atom is 0.270 e. The van der Waals surface area contributed by atoms with Crippen LogP contribution in [0.3, 0.4) is 0 Å². The smallest absolute Gasteiger partial charge is 0.270 e. The summed E-state index contributed by atoms with van der Waals surface area (Å²) in [7, 11) is 0. The van der Waals surface area contributed by atoms with Gasteiger partial charge in [-0.25, -0.2) is 14.4 Å². The number of hydrogen-bond donors (Lipinski definition) is 3. The number of amides is 2. The molecule has 2 amide bonds. The standard InChI is InChI=1S/C37H43FN6O4S/c1-23(2)44-15-13-43(14-16-44)21-26-17-30(45)11-12-32(26)25-5-4-6-31(18-25)48-37-33(19-27(38)20-39-37)35(46)41-28-7-9-29(10-8-28)42-36(47)34-22-49-24(3)40-34/h4-6,11-12,17-20,22-23,28-29,45H,7-10,13-16,21H2,1-3H3,(H,41,46)(H,42,47)/t28-,29-. The number of halogens is 1. The number of aromatic hydroxyl groups is 1. The third-order valence-corrected chi connectivity index (χ3v) is 10.1. The summed E-state index contributed by atoms with van der Waals surface area (Å²) in [6.45, 7) is 10.9. The molecule has 49 heavy (non-hydrogen) atoms. The average Bonchev–Trinajstić information content (AvgIpc) is 3.53. The second-order valence-electron chi connectivity index (χ2n) is 13.1. The highest BCUT2D eigenvalue weighted by atomic mass is 32.1. The first kappa shape index (κ1) is 34.5. The van der Waals surface area contributed by atoms with Crippen LogP contribution in [0.2, 0.25) is 0 Å². The van der Waals surface area contributed by atoms with E-state index in [9.17, 15) is 19.1 Å². The lowest BCUT2D eigenvalue weighted by molar-refractivity contribution is 0.0888. The highest BCUT2D eigenvalue weighted by Crippen LogP contribution is 2.33. The molecule has 4 aromatic rings. The third kappa shape index (κ3) is 8.80. The van der Waals surface area contributed by atoms with Gasteiger partial charge >= 0.3 is 0 Å². The van der Waals surface area contributed by atoms with Crippen LogP contribution in [0.25, 0.3) is 11.1 Å². The number of aryl methyl sites for hydroxylation is 1. The molecule has 0 radical (unpaired) electrons. The number of benzene rings is 2. The topological polar surface area (TPSA) is 120 Å². The van der Waals surface area contributed by atoms with Crippen molar-refractivity contribution in [2.24, 2.45) is 0 Å². The number of carbonyl (C=O) groups excluding carboxylic acids is 2. The molecule has 12 heteroatoms. The molecular formula is C37H43FN6O4S. The maximum atomic E-state index is 14.4. The lowest BCUT2D eigenvalue weighted by atomic mass is 9.91. The lowest BCUT2D eigenvalue weighted by Crippen LogP contribution is -2.48. The van der Waals surface area contributed by atoms with Gasteiger partial charge in [0.1, 0.15) is 28.6 Å². The van der Waals surface area contributed by atoms with Crippen LogP contribution in [-0.4, -0.2) is 81.0 Å². The maximum absolute atomic E-state index is 14.4. The van der Waals surface area contributed by atoms with Gasteiger partial charge in [-0.15, -0.1) is 11.3 Å².